The molecule has 0 radical (unpaired) electrons. The zero-order valence-electron chi connectivity index (χ0n) is 10.8. The SMILES string of the molecule is CC1(C)CC(C(=O)O)CN1Cc1ccccc1.Cl. The van der Waals surface area contributed by atoms with Crippen LogP contribution in [0.3, 0.4) is 0 Å². The summed E-state index contributed by atoms with van der Waals surface area (Å²) in [7, 11) is 0. The summed E-state index contributed by atoms with van der Waals surface area (Å²) >= 11 is 0. The number of carbonyl (C=O) groups is 1. The zero-order chi connectivity index (χ0) is 12.5. The molecule has 1 heterocycles. The van der Waals surface area contributed by atoms with Gasteiger partial charge in [0.2, 0.25) is 0 Å². The summed E-state index contributed by atoms with van der Waals surface area (Å²) in [5.41, 5.74) is 1.21. The molecule has 1 N–H and O–H groups in total. The fourth-order valence-corrected chi connectivity index (χ4v) is 2.56. The molecular weight excluding hydrogens is 250 g/mol. The highest BCUT2D eigenvalue weighted by Gasteiger charge is 2.41. The molecule has 1 aliphatic heterocycles. The number of hydrogen-bond donors (Lipinski definition) is 1. The van der Waals surface area contributed by atoms with Crippen molar-refractivity contribution in [1.29, 1.82) is 0 Å². The topological polar surface area (TPSA) is 40.5 Å². The van der Waals surface area contributed by atoms with Crippen LogP contribution in [0.15, 0.2) is 30.3 Å². The van der Waals surface area contributed by atoms with Crippen LogP contribution in [-0.2, 0) is 11.3 Å². The van der Waals surface area contributed by atoms with Crippen LogP contribution < -0.4 is 0 Å². The van der Waals surface area contributed by atoms with Gasteiger partial charge in [0.05, 0.1) is 5.92 Å². The molecule has 0 bridgehead atoms. The maximum Gasteiger partial charge on any atom is 0.307 e. The van der Waals surface area contributed by atoms with Crippen LogP contribution in [0.4, 0.5) is 0 Å². The first-order valence-corrected chi connectivity index (χ1v) is 6.01. The normalized spacial score (nSPS) is 22.4. The molecule has 3 nitrogen and oxygen atoms in total. The molecule has 0 aliphatic carbocycles. The first-order chi connectivity index (χ1) is 7.99. The molecule has 4 heteroatoms. The van der Waals surface area contributed by atoms with Crippen LogP contribution in [0.5, 0.6) is 0 Å². The van der Waals surface area contributed by atoms with Crippen molar-refractivity contribution in [3.05, 3.63) is 35.9 Å². The van der Waals surface area contributed by atoms with E-state index in [0.717, 1.165) is 13.0 Å². The van der Waals surface area contributed by atoms with Gasteiger partial charge in [-0.3, -0.25) is 9.69 Å². The van der Waals surface area contributed by atoms with E-state index in [-0.39, 0.29) is 23.9 Å². The van der Waals surface area contributed by atoms with E-state index in [9.17, 15) is 4.79 Å². The summed E-state index contributed by atoms with van der Waals surface area (Å²) in [4.78, 5) is 13.3. The summed E-state index contributed by atoms with van der Waals surface area (Å²) < 4.78 is 0. The van der Waals surface area contributed by atoms with Crippen LogP contribution in [-0.4, -0.2) is 28.1 Å². The third kappa shape index (κ3) is 3.24. The van der Waals surface area contributed by atoms with Crippen molar-refractivity contribution in [2.24, 2.45) is 5.92 Å². The Kier molecular flexibility index (Phi) is 4.77. The molecule has 1 atom stereocenters. The molecule has 1 fully saturated rings. The Balaban J connectivity index is 0.00000162. The van der Waals surface area contributed by atoms with Gasteiger partial charge in [-0.05, 0) is 25.8 Å². The van der Waals surface area contributed by atoms with Crippen molar-refractivity contribution in [3.8, 4) is 0 Å². The van der Waals surface area contributed by atoms with Crippen LogP contribution in [0.2, 0.25) is 0 Å². The second kappa shape index (κ2) is 5.72. The molecule has 0 amide bonds. The standard InChI is InChI=1S/C14H19NO2.ClH/c1-14(2)8-12(13(16)17)10-15(14)9-11-6-4-3-5-7-11;/h3-7,12H,8-10H2,1-2H3,(H,16,17);1H. The van der Waals surface area contributed by atoms with Crippen LogP contribution in [0, 0.1) is 5.92 Å². The number of nitrogens with zero attached hydrogens (tertiary/aromatic N) is 1. The third-order valence-corrected chi connectivity index (χ3v) is 3.61. The number of benzene rings is 1. The van der Waals surface area contributed by atoms with Gasteiger partial charge in [-0.1, -0.05) is 30.3 Å². The van der Waals surface area contributed by atoms with E-state index in [2.05, 4.69) is 30.9 Å². The number of carboxylic acid groups (broad SMARTS) is 1. The minimum absolute atomic E-state index is 0. The lowest BCUT2D eigenvalue weighted by Gasteiger charge is -2.31. The van der Waals surface area contributed by atoms with Gasteiger partial charge in [-0.15, -0.1) is 12.4 Å². The lowest BCUT2D eigenvalue weighted by atomic mass is 9.96. The van der Waals surface area contributed by atoms with Crippen LogP contribution in [0.25, 0.3) is 0 Å². The lowest BCUT2D eigenvalue weighted by Crippen LogP contribution is -2.37. The Hall–Kier alpha value is -1.06. The van der Waals surface area contributed by atoms with Gasteiger partial charge in [-0.25, -0.2) is 0 Å². The highest BCUT2D eigenvalue weighted by molar-refractivity contribution is 5.85. The monoisotopic (exact) mass is 269 g/mol. The second-order valence-electron chi connectivity index (χ2n) is 5.42. The van der Waals surface area contributed by atoms with Gasteiger partial charge in [0, 0.05) is 18.6 Å². The average molecular weight is 270 g/mol. The Bertz CT molecular complexity index is 406. The number of carboxylic acids is 1. The minimum Gasteiger partial charge on any atom is -0.481 e. The number of halogens is 1. The Labute approximate surface area is 114 Å². The summed E-state index contributed by atoms with van der Waals surface area (Å²) in [6.45, 7) is 5.73. The first kappa shape index (κ1) is 15.0. The summed E-state index contributed by atoms with van der Waals surface area (Å²) in [5.74, 6) is -0.901. The fraction of sp³-hybridized carbons (Fsp3) is 0.500. The summed E-state index contributed by atoms with van der Waals surface area (Å²) in [6, 6.07) is 10.2. The molecule has 1 saturated heterocycles. The zero-order valence-corrected chi connectivity index (χ0v) is 11.6. The van der Waals surface area contributed by atoms with Crippen molar-refractivity contribution in [2.75, 3.05) is 6.54 Å². The van der Waals surface area contributed by atoms with Crippen LogP contribution in [0.1, 0.15) is 25.8 Å². The molecule has 2 rings (SSSR count). The number of hydrogen-bond acceptors (Lipinski definition) is 2. The number of aliphatic carboxylic acids is 1. The van der Waals surface area contributed by atoms with E-state index in [4.69, 9.17) is 5.11 Å². The maximum absolute atomic E-state index is 11.1. The van der Waals surface area contributed by atoms with E-state index in [1.807, 2.05) is 18.2 Å². The van der Waals surface area contributed by atoms with E-state index < -0.39 is 5.97 Å². The van der Waals surface area contributed by atoms with Gasteiger partial charge in [-0.2, -0.15) is 0 Å². The van der Waals surface area contributed by atoms with Gasteiger partial charge in [0.15, 0.2) is 0 Å². The highest BCUT2D eigenvalue weighted by atomic mass is 35.5. The number of likely N-dealkylation sites (tertiary alicyclic amines) is 1. The highest BCUT2D eigenvalue weighted by Crippen LogP contribution is 2.33. The molecule has 0 saturated carbocycles. The predicted octanol–water partition coefficient (Wildman–Crippen LogP) is 2.79. The predicted molar refractivity (Wildman–Crippen MR) is 73.9 cm³/mol. The second-order valence-corrected chi connectivity index (χ2v) is 5.42. The van der Waals surface area contributed by atoms with Crippen LogP contribution >= 0.6 is 12.4 Å². The Morgan fingerprint density at radius 2 is 2.00 bits per heavy atom. The van der Waals surface area contributed by atoms with Gasteiger partial charge < -0.3 is 5.11 Å². The van der Waals surface area contributed by atoms with E-state index in [1.54, 1.807) is 0 Å². The van der Waals surface area contributed by atoms with Crippen molar-refractivity contribution in [3.63, 3.8) is 0 Å². The smallest absolute Gasteiger partial charge is 0.307 e. The molecule has 100 valence electrons. The molecule has 18 heavy (non-hydrogen) atoms. The van der Waals surface area contributed by atoms with Gasteiger partial charge >= 0.3 is 5.97 Å². The largest absolute Gasteiger partial charge is 0.481 e. The van der Waals surface area contributed by atoms with Crippen molar-refractivity contribution < 1.29 is 9.90 Å². The van der Waals surface area contributed by atoms with Gasteiger partial charge in [0.1, 0.15) is 0 Å². The Morgan fingerprint density at radius 1 is 1.39 bits per heavy atom. The molecule has 1 aromatic carbocycles. The molecular formula is C14H20ClNO2. The molecule has 1 unspecified atom stereocenters. The number of rotatable bonds is 3. The summed E-state index contributed by atoms with van der Waals surface area (Å²) in [5, 5.41) is 9.10. The summed E-state index contributed by atoms with van der Waals surface area (Å²) in [6.07, 6.45) is 0.731. The van der Waals surface area contributed by atoms with Crippen molar-refractivity contribution in [1.82, 2.24) is 4.90 Å². The molecule has 0 aromatic heterocycles. The lowest BCUT2D eigenvalue weighted by molar-refractivity contribution is -0.141. The van der Waals surface area contributed by atoms with E-state index in [0.29, 0.717) is 6.54 Å². The van der Waals surface area contributed by atoms with E-state index >= 15 is 0 Å². The third-order valence-electron chi connectivity index (χ3n) is 3.61. The minimum atomic E-state index is -0.673. The average Bonchev–Trinajstić information content (AvgIpc) is 2.56. The molecule has 1 aromatic rings. The first-order valence-electron chi connectivity index (χ1n) is 6.01. The quantitative estimate of drug-likeness (QED) is 0.917. The Morgan fingerprint density at radius 3 is 2.50 bits per heavy atom. The maximum atomic E-state index is 11.1. The molecule has 0 spiro atoms. The van der Waals surface area contributed by atoms with Gasteiger partial charge in [0.25, 0.3) is 0 Å². The molecule has 1 aliphatic rings. The fourth-order valence-electron chi connectivity index (χ4n) is 2.56. The van der Waals surface area contributed by atoms with Crippen molar-refractivity contribution in [2.45, 2.75) is 32.4 Å². The van der Waals surface area contributed by atoms with Crippen molar-refractivity contribution >= 4 is 18.4 Å². The van der Waals surface area contributed by atoms with E-state index in [1.165, 1.54) is 5.56 Å².